The van der Waals surface area contributed by atoms with Gasteiger partial charge in [0.05, 0.1) is 32.6 Å². The zero-order chi connectivity index (χ0) is 22.2. The Morgan fingerprint density at radius 2 is 1.48 bits per heavy atom. The molecule has 0 atom stereocenters. The van der Waals surface area contributed by atoms with E-state index < -0.39 is 11.7 Å². The molecule has 2 aromatic carbocycles. The van der Waals surface area contributed by atoms with Crippen molar-refractivity contribution in [2.24, 2.45) is 0 Å². The summed E-state index contributed by atoms with van der Waals surface area (Å²) in [6, 6.07) is 12.4. The normalized spacial score (nSPS) is 11.5. The Labute approximate surface area is 176 Å². The van der Waals surface area contributed by atoms with E-state index in [0.717, 1.165) is 23.3 Å². The number of methoxy groups -OCH3 is 3. The van der Waals surface area contributed by atoms with Crippen molar-refractivity contribution in [2.75, 3.05) is 21.3 Å². The number of halogens is 3. The molecule has 0 aliphatic heterocycles. The summed E-state index contributed by atoms with van der Waals surface area (Å²) in [5.41, 5.74) is 2.70. The summed E-state index contributed by atoms with van der Waals surface area (Å²) < 4.78 is 56.7. The van der Waals surface area contributed by atoms with Crippen molar-refractivity contribution in [3.63, 3.8) is 0 Å². The van der Waals surface area contributed by atoms with Gasteiger partial charge in [0.25, 0.3) is 0 Å². The molecule has 0 spiro atoms. The van der Waals surface area contributed by atoms with Crippen LogP contribution in [-0.4, -0.2) is 30.7 Å². The van der Waals surface area contributed by atoms with Gasteiger partial charge in [-0.05, 0) is 42.0 Å². The first kappa shape index (κ1) is 20.6. The fourth-order valence-corrected chi connectivity index (χ4v) is 3.44. The number of pyridine rings is 1. The van der Waals surface area contributed by atoms with Gasteiger partial charge < -0.3 is 18.6 Å². The lowest BCUT2D eigenvalue weighted by molar-refractivity contribution is -0.137. The molecular formula is C23H19F3N2O3. The molecule has 5 nitrogen and oxygen atoms in total. The fourth-order valence-electron chi connectivity index (χ4n) is 3.44. The summed E-state index contributed by atoms with van der Waals surface area (Å²) in [7, 11) is 4.62. The number of benzene rings is 2. The molecule has 0 amide bonds. The molecule has 2 heterocycles. The molecule has 0 bridgehead atoms. The number of fused-ring (bicyclic) bond motifs is 1. The first-order valence-electron chi connectivity index (χ1n) is 9.31. The van der Waals surface area contributed by atoms with Crippen molar-refractivity contribution < 1.29 is 27.4 Å². The van der Waals surface area contributed by atoms with Crippen molar-refractivity contribution in [1.29, 1.82) is 0 Å². The average Bonchev–Trinajstić information content (AvgIpc) is 3.22. The molecule has 0 N–H and O–H groups in total. The van der Waals surface area contributed by atoms with E-state index in [1.165, 1.54) is 19.2 Å². The molecule has 0 saturated carbocycles. The van der Waals surface area contributed by atoms with Gasteiger partial charge in [-0.15, -0.1) is 0 Å². The van der Waals surface area contributed by atoms with Gasteiger partial charge in [-0.1, -0.05) is 12.1 Å². The van der Waals surface area contributed by atoms with E-state index >= 15 is 0 Å². The van der Waals surface area contributed by atoms with Crippen LogP contribution in [0.15, 0.2) is 60.9 Å². The van der Waals surface area contributed by atoms with Crippen molar-refractivity contribution in [3.05, 3.63) is 66.5 Å². The van der Waals surface area contributed by atoms with Gasteiger partial charge in [-0.2, -0.15) is 13.2 Å². The van der Waals surface area contributed by atoms with Crippen LogP contribution in [0.2, 0.25) is 0 Å². The number of hydrogen-bond acceptors (Lipinski definition) is 4. The Kier molecular flexibility index (Phi) is 5.22. The number of imidazole rings is 1. The van der Waals surface area contributed by atoms with Crippen LogP contribution in [0, 0.1) is 0 Å². The Morgan fingerprint density at radius 1 is 0.839 bits per heavy atom. The number of alkyl halides is 3. The lowest BCUT2D eigenvalue weighted by atomic mass is 10.1. The van der Waals surface area contributed by atoms with Gasteiger partial charge in [0.2, 0.25) is 5.75 Å². The lowest BCUT2D eigenvalue weighted by Gasteiger charge is -2.14. The Morgan fingerprint density at radius 3 is 2.03 bits per heavy atom. The Balaban J connectivity index is 1.82. The van der Waals surface area contributed by atoms with Crippen molar-refractivity contribution >= 4 is 5.65 Å². The SMILES string of the molecule is COc1cc(-c2cccn3cc(-c4ccc(C(F)(F)F)cc4)nc23)cc(OC)c1OC. The average molecular weight is 428 g/mol. The van der Waals surface area contributed by atoms with Crippen molar-refractivity contribution in [1.82, 2.24) is 9.38 Å². The second-order valence-electron chi connectivity index (χ2n) is 6.77. The minimum atomic E-state index is -4.38. The van der Waals surface area contributed by atoms with Crippen LogP contribution >= 0.6 is 0 Å². The first-order chi connectivity index (χ1) is 14.9. The maximum Gasteiger partial charge on any atom is 0.416 e. The molecule has 0 fully saturated rings. The first-order valence-corrected chi connectivity index (χ1v) is 9.31. The maximum absolute atomic E-state index is 12.9. The van der Waals surface area contributed by atoms with Gasteiger partial charge in [0.15, 0.2) is 11.5 Å². The minimum Gasteiger partial charge on any atom is -0.493 e. The molecule has 0 radical (unpaired) electrons. The van der Waals surface area contributed by atoms with E-state index in [0.29, 0.717) is 34.2 Å². The van der Waals surface area contributed by atoms with E-state index in [1.807, 2.05) is 34.9 Å². The predicted octanol–water partition coefficient (Wildman–Crippen LogP) is 5.71. The standard InChI is InChI=1S/C23H19F3N2O3/c1-29-19-11-15(12-20(30-2)21(19)31-3)17-5-4-10-28-13-18(27-22(17)28)14-6-8-16(9-7-14)23(24,25)26/h4-13H,1-3H3. The smallest absolute Gasteiger partial charge is 0.416 e. The third-order valence-corrected chi connectivity index (χ3v) is 4.97. The highest BCUT2D eigenvalue weighted by Crippen LogP contribution is 2.42. The zero-order valence-electron chi connectivity index (χ0n) is 17.0. The summed E-state index contributed by atoms with van der Waals surface area (Å²) in [6.07, 6.45) is -0.770. The second-order valence-corrected chi connectivity index (χ2v) is 6.77. The molecule has 160 valence electrons. The summed E-state index contributed by atoms with van der Waals surface area (Å²) in [5.74, 6) is 1.50. The lowest BCUT2D eigenvalue weighted by Crippen LogP contribution is -2.03. The maximum atomic E-state index is 12.9. The largest absolute Gasteiger partial charge is 0.493 e. The summed E-state index contributed by atoms with van der Waals surface area (Å²) in [6.45, 7) is 0. The summed E-state index contributed by atoms with van der Waals surface area (Å²) in [5, 5.41) is 0. The molecule has 0 aliphatic carbocycles. The summed E-state index contributed by atoms with van der Waals surface area (Å²) in [4.78, 5) is 4.67. The number of rotatable bonds is 5. The highest BCUT2D eigenvalue weighted by Gasteiger charge is 2.30. The van der Waals surface area contributed by atoms with Crippen LogP contribution in [0.25, 0.3) is 28.0 Å². The van der Waals surface area contributed by atoms with E-state index in [2.05, 4.69) is 4.98 Å². The number of ether oxygens (including phenoxy) is 3. The van der Waals surface area contributed by atoms with E-state index in [-0.39, 0.29) is 0 Å². The number of hydrogen-bond donors (Lipinski definition) is 0. The molecule has 4 rings (SSSR count). The fraction of sp³-hybridized carbons (Fsp3) is 0.174. The topological polar surface area (TPSA) is 45.0 Å². The van der Waals surface area contributed by atoms with E-state index in [4.69, 9.17) is 14.2 Å². The van der Waals surface area contributed by atoms with Crippen LogP contribution in [0.4, 0.5) is 13.2 Å². The van der Waals surface area contributed by atoms with Crippen LogP contribution in [-0.2, 0) is 6.18 Å². The van der Waals surface area contributed by atoms with Crippen molar-refractivity contribution in [2.45, 2.75) is 6.18 Å². The van der Waals surface area contributed by atoms with Gasteiger partial charge in [-0.25, -0.2) is 4.98 Å². The van der Waals surface area contributed by atoms with Crippen LogP contribution in [0.1, 0.15) is 5.56 Å². The molecule has 0 aliphatic rings. The quantitative estimate of drug-likeness (QED) is 0.408. The van der Waals surface area contributed by atoms with E-state index in [1.54, 1.807) is 20.4 Å². The molecule has 0 unspecified atom stereocenters. The monoisotopic (exact) mass is 428 g/mol. The number of aromatic nitrogens is 2. The molecule has 31 heavy (non-hydrogen) atoms. The van der Waals surface area contributed by atoms with Crippen LogP contribution < -0.4 is 14.2 Å². The molecule has 2 aromatic heterocycles. The zero-order valence-corrected chi connectivity index (χ0v) is 17.0. The van der Waals surface area contributed by atoms with Crippen LogP contribution in [0.5, 0.6) is 17.2 Å². The summed E-state index contributed by atoms with van der Waals surface area (Å²) >= 11 is 0. The number of nitrogens with zero attached hydrogens (tertiary/aromatic N) is 2. The second kappa shape index (κ2) is 7.86. The highest BCUT2D eigenvalue weighted by atomic mass is 19.4. The molecule has 4 aromatic rings. The van der Waals surface area contributed by atoms with E-state index in [9.17, 15) is 13.2 Å². The van der Waals surface area contributed by atoms with Gasteiger partial charge in [0.1, 0.15) is 5.65 Å². The predicted molar refractivity (Wildman–Crippen MR) is 111 cm³/mol. The Hall–Kier alpha value is -3.68. The third-order valence-electron chi connectivity index (χ3n) is 4.97. The van der Waals surface area contributed by atoms with Gasteiger partial charge in [-0.3, -0.25) is 0 Å². The van der Waals surface area contributed by atoms with Crippen molar-refractivity contribution in [3.8, 4) is 39.6 Å². The Bertz CT molecular complexity index is 1210. The highest BCUT2D eigenvalue weighted by molar-refractivity contribution is 5.82. The molecular weight excluding hydrogens is 409 g/mol. The molecule has 8 heteroatoms. The van der Waals surface area contributed by atoms with Crippen LogP contribution in [0.3, 0.4) is 0 Å². The van der Waals surface area contributed by atoms with Gasteiger partial charge in [0, 0.05) is 23.5 Å². The molecule has 0 saturated heterocycles. The minimum absolute atomic E-state index is 0.481. The third kappa shape index (κ3) is 3.76. The van der Waals surface area contributed by atoms with Gasteiger partial charge >= 0.3 is 6.18 Å².